The van der Waals surface area contributed by atoms with Gasteiger partial charge in [-0.25, -0.2) is 4.98 Å². The zero-order valence-corrected chi connectivity index (χ0v) is 15.7. The van der Waals surface area contributed by atoms with Crippen LogP contribution in [0.4, 0.5) is 17.2 Å². The molecule has 0 aliphatic heterocycles. The van der Waals surface area contributed by atoms with Crippen molar-refractivity contribution in [2.75, 3.05) is 10.2 Å². The molecule has 6 heteroatoms. The van der Waals surface area contributed by atoms with E-state index in [0.717, 1.165) is 22.9 Å². The van der Waals surface area contributed by atoms with Crippen LogP contribution in [0.3, 0.4) is 0 Å². The highest BCUT2D eigenvalue weighted by Crippen LogP contribution is 2.30. The summed E-state index contributed by atoms with van der Waals surface area (Å²) < 4.78 is 0. The predicted molar refractivity (Wildman–Crippen MR) is 113 cm³/mol. The Hall–Kier alpha value is -3.44. The molecule has 4 aromatic rings. The molecule has 4 rings (SSSR count). The number of carbonyl (C=O) groups excluding carboxylic acids is 1. The van der Waals surface area contributed by atoms with Crippen molar-refractivity contribution in [2.24, 2.45) is 0 Å². The normalized spacial score (nSPS) is 10.6. The number of aromatic nitrogens is 2. The number of benzene rings is 2. The molecule has 0 aliphatic carbocycles. The number of hydrogen-bond donors (Lipinski definition) is 1. The smallest absolute Gasteiger partial charge is 0.218 e. The fourth-order valence-electron chi connectivity index (χ4n) is 3.01. The van der Waals surface area contributed by atoms with E-state index >= 15 is 0 Å². The van der Waals surface area contributed by atoms with E-state index in [1.165, 1.54) is 4.90 Å². The molecule has 138 valence electrons. The fraction of sp³-hybridized carbons (Fsp3) is 0.0455. The average molecular weight is 389 g/mol. The third-order valence-electron chi connectivity index (χ3n) is 4.38. The molecule has 0 saturated heterocycles. The first-order chi connectivity index (χ1) is 13.7. The van der Waals surface area contributed by atoms with Crippen LogP contribution >= 0.6 is 11.6 Å². The quantitative estimate of drug-likeness (QED) is 0.462. The first kappa shape index (κ1) is 17.9. The monoisotopic (exact) mass is 388 g/mol. The molecule has 0 spiro atoms. The minimum Gasteiger partial charge on any atom is -0.364 e. The Balaban J connectivity index is 1.59. The number of pyridine rings is 2. The Kier molecular flexibility index (Phi) is 5.17. The second-order valence-corrected chi connectivity index (χ2v) is 6.64. The third kappa shape index (κ3) is 3.80. The van der Waals surface area contributed by atoms with Crippen molar-refractivity contribution in [3.8, 4) is 0 Å². The number of carbonyl (C=O) groups is 1. The molecule has 2 aromatic carbocycles. The van der Waals surface area contributed by atoms with Crippen molar-refractivity contribution in [2.45, 2.75) is 6.54 Å². The fourth-order valence-corrected chi connectivity index (χ4v) is 3.13. The lowest BCUT2D eigenvalue weighted by atomic mass is 10.1. The standard InChI is InChI=1S/C22H17ClN4O/c23-18-6-8-19(9-7-18)27(15-28)21-4-2-12-25-22(21)26-14-16-5-10-20-17(13-16)3-1-11-24-20/h1-13,15H,14H2,(H,25,26). The van der Waals surface area contributed by atoms with E-state index in [0.29, 0.717) is 28.8 Å². The van der Waals surface area contributed by atoms with E-state index in [9.17, 15) is 4.79 Å². The molecule has 0 radical (unpaired) electrons. The highest BCUT2D eigenvalue weighted by molar-refractivity contribution is 6.30. The van der Waals surface area contributed by atoms with Gasteiger partial charge in [-0.05, 0) is 60.2 Å². The zero-order chi connectivity index (χ0) is 19.3. The second kappa shape index (κ2) is 8.06. The number of anilines is 3. The van der Waals surface area contributed by atoms with E-state index in [4.69, 9.17) is 11.6 Å². The minimum atomic E-state index is 0.572. The van der Waals surface area contributed by atoms with Crippen LogP contribution < -0.4 is 10.2 Å². The third-order valence-corrected chi connectivity index (χ3v) is 4.64. The molecule has 0 unspecified atom stereocenters. The van der Waals surface area contributed by atoms with Crippen LogP contribution in [0.5, 0.6) is 0 Å². The zero-order valence-electron chi connectivity index (χ0n) is 14.9. The lowest BCUT2D eigenvalue weighted by molar-refractivity contribution is -0.106. The largest absolute Gasteiger partial charge is 0.364 e. The molecular formula is C22H17ClN4O. The Labute approximate surface area is 167 Å². The molecule has 0 saturated carbocycles. The summed E-state index contributed by atoms with van der Waals surface area (Å²) in [6, 6.07) is 20.8. The van der Waals surface area contributed by atoms with Gasteiger partial charge in [-0.1, -0.05) is 23.7 Å². The first-order valence-corrected chi connectivity index (χ1v) is 9.15. The average Bonchev–Trinajstić information content (AvgIpc) is 2.75. The van der Waals surface area contributed by atoms with Crippen LogP contribution in [0.1, 0.15) is 5.56 Å². The maximum Gasteiger partial charge on any atom is 0.218 e. The molecule has 2 heterocycles. The molecule has 0 atom stereocenters. The van der Waals surface area contributed by atoms with E-state index < -0.39 is 0 Å². The van der Waals surface area contributed by atoms with E-state index in [2.05, 4.69) is 21.4 Å². The number of fused-ring (bicyclic) bond motifs is 1. The van der Waals surface area contributed by atoms with Gasteiger partial charge in [0.1, 0.15) is 0 Å². The summed E-state index contributed by atoms with van der Waals surface area (Å²) in [4.78, 5) is 22.1. The lowest BCUT2D eigenvalue weighted by Crippen LogP contribution is -2.17. The summed E-state index contributed by atoms with van der Waals surface area (Å²) in [6.07, 6.45) is 4.25. The molecule has 0 aliphatic rings. The topological polar surface area (TPSA) is 58.1 Å². The predicted octanol–water partition coefficient (Wildman–Crippen LogP) is 5.19. The van der Waals surface area contributed by atoms with Crippen molar-refractivity contribution in [3.05, 3.63) is 89.7 Å². The van der Waals surface area contributed by atoms with Crippen LogP contribution in [0.2, 0.25) is 5.02 Å². The SMILES string of the molecule is O=CN(c1ccc(Cl)cc1)c1cccnc1NCc1ccc2ncccc2c1. The van der Waals surface area contributed by atoms with Gasteiger partial charge in [0.25, 0.3) is 0 Å². The molecule has 0 bridgehead atoms. The highest BCUT2D eigenvalue weighted by atomic mass is 35.5. The van der Waals surface area contributed by atoms with Crippen molar-refractivity contribution < 1.29 is 4.79 Å². The number of hydrogen-bond acceptors (Lipinski definition) is 4. The summed E-state index contributed by atoms with van der Waals surface area (Å²) in [5.74, 6) is 0.621. The van der Waals surface area contributed by atoms with Crippen molar-refractivity contribution in [1.82, 2.24) is 9.97 Å². The van der Waals surface area contributed by atoms with Crippen molar-refractivity contribution in [1.29, 1.82) is 0 Å². The van der Waals surface area contributed by atoms with Gasteiger partial charge in [0.2, 0.25) is 6.41 Å². The molecule has 5 nitrogen and oxygen atoms in total. The Morgan fingerprint density at radius 3 is 2.57 bits per heavy atom. The van der Waals surface area contributed by atoms with Gasteiger partial charge < -0.3 is 5.32 Å². The molecule has 0 fully saturated rings. The number of nitrogens with one attached hydrogen (secondary N) is 1. The maximum absolute atomic E-state index is 11.8. The summed E-state index contributed by atoms with van der Waals surface area (Å²) in [7, 11) is 0. The highest BCUT2D eigenvalue weighted by Gasteiger charge is 2.13. The first-order valence-electron chi connectivity index (χ1n) is 8.77. The number of rotatable bonds is 6. The summed E-state index contributed by atoms with van der Waals surface area (Å²) in [5.41, 5.74) is 3.44. The van der Waals surface area contributed by atoms with Gasteiger partial charge >= 0.3 is 0 Å². The van der Waals surface area contributed by atoms with Crippen molar-refractivity contribution >= 4 is 46.1 Å². The molecule has 1 N–H and O–H groups in total. The van der Waals surface area contributed by atoms with Gasteiger partial charge in [-0.15, -0.1) is 0 Å². The number of amides is 1. The molecule has 28 heavy (non-hydrogen) atoms. The minimum absolute atomic E-state index is 0.572. The Morgan fingerprint density at radius 2 is 1.75 bits per heavy atom. The number of halogens is 1. The van der Waals surface area contributed by atoms with Crippen LogP contribution in [0.15, 0.2) is 79.1 Å². The molecular weight excluding hydrogens is 372 g/mol. The van der Waals surface area contributed by atoms with Crippen molar-refractivity contribution in [3.63, 3.8) is 0 Å². The van der Waals surface area contributed by atoms with Gasteiger partial charge in [-0.2, -0.15) is 0 Å². The Morgan fingerprint density at radius 1 is 0.964 bits per heavy atom. The maximum atomic E-state index is 11.8. The second-order valence-electron chi connectivity index (χ2n) is 6.21. The summed E-state index contributed by atoms with van der Waals surface area (Å²) in [6.45, 7) is 0.572. The lowest BCUT2D eigenvalue weighted by Gasteiger charge is -2.21. The molecule has 1 amide bonds. The van der Waals surface area contributed by atoms with E-state index in [1.807, 2.05) is 30.3 Å². The van der Waals surface area contributed by atoms with Gasteiger partial charge in [0.05, 0.1) is 11.2 Å². The van der Waals surface area contributed by atoms with Gasteiger partial charge in [0, 0.05) is 35.0 Å². The number of nitrogens with zero attached hydrogens (tertiary/aromatic N) is 3. The van der Waals surface area contributed by atoms with Crippen LogP contribution in [0.25, 0.3) is 10.9 Å². The van der Waals surface area contributed by atoms with Crippen LogP contribution in [-0.4, -0.2) is 16.4 Å². The van der Waals surface area contributed by atoms with Crippen LogP contribution in [0, 0.1) is 0 Å². The molecule has 2 aromatic heterocycles. The summed E-state index contributed by atoms with van der Waals surface area (Å²) >= 11 is 5.96. The van der Waals surface area contributed by atoms with E-state index in [-0.39, 0.29) is 0 Å². The van der Waals surface area contributed by atoms with Gasteiger partial charge in [-0.3, -0.25) is 14.7 Å². The van der Waals surface area contributed by atoms with Crippen LogP contribution in [-0.2, 0) is 11.3 Å². The Bertz CT molecular complexity index is 1110. The van der Waals surface area contributed by atoms with Gasteiger partial charge in [0.15, 0.2) is 5.82 Å². The van der Waals surface area contributed by atoms with E-state index in [1.54, 1.807) is 42.7 Å². The summed E-state index contributed by atoms with van der Waals surface area (Å²) in [5, 5.41) is 5.03.